The summed E-state index contributed by atoms with van der Waals surface area (Å²) in [6.07, 6.45) is 0. The van der Waals surface area contributed by atoms with Crippen molar-refractivity contribution in [1.29, 1.82) is 0 Å². The Labute approximate surface area is 330 Å². The minimum Gasteiger partial charge on any atom is -0.309 e. The standard InChI is InChI=1S/C55H34N2/c1-7-19-47-39(13-1)40-14-2-8-20-48(40)55(47)49-21-9-3-15-41(49)45-33-46-44-18-6-12-24-53(44)57(54(46)34-50(45)55)38-31-27-36(28-32-38)35-25-29-37(30-26-35)56-51-22-10-4-16-42(51)43-17-5-11-23-52(43)56/h1-34H. The zero-order valence-electron chi connectivity index (χ0n) is 31.0. The summed E-state index contributed by atoms with van der Waals surface area (Å²) in [4.78, 5) is 0. The predicted octanol–water partition coefficient (Wildman–Crippen LogP) is 13.9. The van der Waals surface area contributed by atoms with Crippen molar-refractivity contribution in [3.8, 4) is 44.8 Å². The first-order valence-corrected chi connectivity index (χ1v) is 19.9. The van der Waals surface area contributed by atoms with Crippen LogP contribution in [-0.2, 0) is 5.41 Å². The smallest absolute Gasteiger partial charge is 0.0726 e. The fourth-order valence-corrected chi connectivity index (χ4v) is 10.6. The second-order valence-corrected chi connectivity index (χ2v) is 15.6. The van der Waals surface area contributed by atoms with E-state index in [4.69, 9.17) is 0 Å². The number of nitrogens with zero attached hydrogens (tertiary/aromatic N) is 2. The Kier molecular flexibility index (Phi) is 6.13. The van der Waals surface area contributed by atoms with Crippen LogP contribution in [0.1, 0.15) is 22.3 Å². The van der Waals surface area contributed by atoms with Crippen molar-refractivity contribution in [3.63, 3.8) is 0 Å². The molecule has 9 aromatic carbocycles. The monoisotopic (exact) mass is 722 g/mol. The highest BCUT2D eigenvalue weighted by Crippen LogP contribution is 2.63. The van der Waals surface area contributed by atoms with Crippen molar-refractivity contribution < 1.29 is 0 Å². The van der Waals surface area contributed by atoms with Crippen LogP contribution in [-0.4, -0.2) is 9.13 Å². The van der Waals surface area contributed by atoms with Gasteiger partial charge in [-0.05, 0) is 110 Å². The lowest BCUT2D eigenvalue weighted by Crippen LogP contribution is -2.25. The van der Waals surface area contributed by atoms with Crippen LogP contribution >= 0.6 is 0 Å². The number of aromatic nitrogens is 2. The van der Waals surface area contributed by atoms with Gasteiger partial charge in [-0.15, -0.1) is 0 Å². The van der Waals surface area contributed by atoms with Crippen LogP contribution in [0.25, 0.3) is 88.4 Å². The Balaban J connectivity index is 0.969. The van der Waals surface area contributed by atoms with Gasteiger partial charge < -0.3 is 9.13 Å². The first-order valence-electron chi connectivity index (χ1n) is 19.9. The summed E-state index contributed by atoms with van der Waals surface area (Å²) < 4.78 is 4.85. The minimum absolute atomic E-state index is 0.385. The Bertz CT molecular complexity index is 3350. The Morgan fingerprint density at radius 3 is 1.11 bits per heavy atom. The zero-order chi connectivity index (χ0) is 37.2. The third-order valence-electron chi connectivity index (χ3n) is 13.0. The summed E-state index contributed by atoms with van der Waals surface area (Å²) >= 11 is 0. The first kappa shape index (κ1) is 30.9. The fourth-order valence-electron chi connectivity index (χ4n) is 10.6. The molecule has 0 fully saturated rings. The Hall–Kier alpha value is -7.42. The summed E-state index contributed by atoms with van der Waals surface area (Å²) in [6, 6.07) is 76.6. The van der Waals surface area contributed by atoms with Crippen LogP contribution in [0.3, 0.4) is 0 Å². The van der Waals surface area contributed by atoms with Crippen LogP contribution < -0.4 is 0 Å². The van der Waals surface area contributed by atoms with E-state index < -0.39 is 0 Å². The summed E-state index contributed by atoms with van der Waals surface area (Å²) in [6.45, 7) is 0. The van der Waals surface area contributed by atoms with Gasteiger partial charge in [-0.3, -0.25) is 0 Å². The van der Waals surface area contributed by atoms with Crippen molar-refractivity contribution in [1.82, 2.24) is 9.13 Å². The molecule has 264 valence electrons. The molecule has 0 saturated heterocycles. The largest absolute Gasteiger partial charge is 0.309 e. The van der Waals surface area contributed by atoms with E-state index in [1.807, 2.05) is 0 Å². The fraction of sp³-hybridized carbons (Fsp3) is 0.0182. The van der Waals surface area contributed by atoms with Gasteiger partial charge in [0.25, 0.3) is 0 Å². The second-order valence-electron chi connectivity index (χ2n) is 15.6. The maximum absolute atomic E-state index is 2.52. The van der Waals surface area contributed by atoms with Gasteiger partial charge in [-0.2, -0.15) is 0 Å². The van der Waals surface area contributed by atoms with Crippen molar-refractivity contribution in [2.24, 2.45) is 0 Å². The number of para-hydroxylation sites is 3. The van der Waals surface area contributed by atoms with E-state index in [0.717, 1.165) is 11.4 Å². The molecule has 0 N–H and O–H groups in total. The van der Waals surface area contributed by atoms with E-state index in [0.29, 0.717) is 0 Å². The summed E-state index contributed by atoms with van der Waals surface area (Å²) in [5, 5.41) is 5.10. The third kappa shape index (κ3) is 3.99. The van der Waals surface area contributed by atoms with Crippen LogP contribution in [0, 0.1) is 0 Å². The van der Waals surface area contributed by atoms with Gasteiger partial charge in [0.2, 0.25) is 0 Å². The van der Waals surface area contributed by atoms with Gasteiger partial charge in [-0.1, -0.05) is 152 Å². The number of benzene rings is 9. The van der Waals surface area contributed by atoms with Gasteiger partial charge in [0.05, 0.1) is 27.5 Å². The number of hydrogen-bond acceptors (Lipinski definition) is 0. The molecule has 0 saturated carbocycles. The molecule has 0 bridgehead atoms. The molecule has 1 spiro atoms. The molecule has 2 heteroatoms. The lowest BCUT2D eigenvalue weighted by atomic mass is 9.70. The maximum atomic E-state index is 2.52. The van der Waals surface area contributed by atoms with Crippen molar-refractivity contribution in [2.75, 3.05) is 0 Å². The molecule has 2 aliphatic rings. The summed E-state index contributed by atoms with van der Waals surface area (Å²) in [7, 11) is 0. The molecule has 2 aliphatic carbocycles. The van der Waals surface area contributed by atoms with Gasteiger partial charge in [-0.25, -0.2) is 0 Å². The van der Waals surface area contributed by atoms with Crippen LogP contribution in [0.4, 0.5) is 0 Å². The van der Waals surface area contributed by atoms with Crippen LogP contribution in [0.15, 0.2) is 206 Å². The van der Waals surface area contributed by atoms with Gasteiger partial charge in [0.1, 0.15) is 0 Å². The maximum Gasteiger partial charge on any atom is 0.0726 e. The number of rotatable bonds is 3. The Morgan fingerprint density at radius 1 is 0.263 bits per heavy atom. The average Bonchev–Trinajstić information content (AvgIpc) is 3.98. The molecule has 11 aromatic rings. The van der Waals surface area contributed by atoms with E-state index in [1.165, 1.54) is 99.2 Å². The molecule has 2 aromatic heterocycles. The van der Waals surface area contributed by atoms with E-state index in [2.05, 4.69) is 215 Å². The van der Waals surface area contributed by atoms with Crippen molar-refractivity contribution >= 4 is 43.6 Å². The molecular formula is C55H34N2. The van der Waals surface area contributed by atoms with E-state index >= 15 is 0 Å². The van der Waals surface area contributed by atoms with E-state index in [9.17, 15) is 0 Å². The van der Waals surface area contributed by atoms with Crippen molar-refractivity contribution in [2.45, 2.75) is 5.41 Å². The lowest BCUT2D eigenvalue weighted by Gasteiger charge is -2.30. The van der Waals surface area contributed by atoms with E-state index in [1.54, 1.807) is 0 Å². The molecule has 0 amide bonds. The number of hydrogen-bond donors (Lipinski definition) is 0. The second kappa shape index (κ2) is 11.3. The topological polar surface area (TPSA) is 9.86 Å². The zero-order valence-corrected chi connectivity index (χ0v) is 31.0. The Morgan fingerprint density at radius 2 is 0.632 bits per heavy atom. The molecule has 0 radical (unpaired) electrons. The molecule has 0 unspecified atom stereocenters. The normalized spacial score (nSPS) is 13.4. The van der Waals surface area contributed by atoms with Gasteiger partial charge in [0.15, 0.2) is 0 Å². The lowest BCUT2D eigenvalue weighted by molar-refractivity contribution is 0.794. The molecule has 57 heavy (non-hydrogen) atoms. The summed E-state index contributed by atoms with van der Waals surface area (Å²) in [5.74, 6) is 0. The molecule has 13 rings (SSSR count). The highest BCUT2D eigenvalue weighted by atomic mass is 15.0. The van der Waals surface area contributed by atoms with Crippen molar-refractivity contribution in [3.05, 3.63) is 229 Å². The van der Waals surface area contributed by atoms with Gasteiger partial charge >= 0.3 is 0 Å². The molecule has 0 atom stereocenters. The highest BCUT2D eigenvalue weighted by Gasteiger charge is 2.51. The quantitative estimate of drug-likeness (QED) is 0.172. The SMILES string of the molecule is c1ccc2c(c1)-c1ccccc1C21c2ccccc2-c2cc3c4ccccc4n(-c4ccc(-c5ccc(-n6c7ccccc7c7ccccc76)cc5)cc4)c3cc21. The number of fused-ring (bicyclic) bond motifs is 16. The van der Waals surface area contributed by atoms with E-state index in [-0.39, 0.29) is 5.41 Å². The minimum atomic E-state index is -0.385. The molecule has 2 nitrogen and oxygen atoms in total. The molecule has 0 aliphatic heterocycles. The third-order valence-corrected chi connectivity index (χ3v) is 13.0. The van der Waals surface area contributed by atoms with Crippen LogP contribution in [0.2, 0.25) is 0 Å². The predicted molar refractivity (Wildman–Crippen MR) is 237 cm³/mol. The summed E-state index contributed by atoms with van der Waals surface area (Å²) in [5.41, 5.74) is 20.0. The molecule has 2 heterocycles. The van der Waals surface area contributed by atoms with Gasteiger partial charge in [0, 0.05) is 32.9 Å². The average molecular weight is 723 g/mol. The highest BCUT2D eigenvalue weighted by molar-refractivity contribution is 6.13. The van der Waals surface area contributed by atoms with Crippen LogP contribution in [0.5, 0.6) is 0 Å². The first-order chi connectivity index (χ1) is 28.3. The molecular weight excluding hydrogens is 689 g/mol.